The van der Waals surface area contributed by atoms with E-state index in [9.17, 15) is 23.2 Å². The first-order valence-electron chi connectivity index (χ1n) is 9.48. The average molecular weight is 435 g/mol. The number of hydrogen-bond acceptors (Lipinski definition) is 4. The number of carbonyl (C=O) groups excluding carboxylic acids is 1. The molecule has 1 unspecified atom stereocenters. The number of methoxy groups -OCH3 is 1. The second-order valence-electron chi connectivity index (χ2n) is 7.01. The van der Waals surface area contributed by atoms with Crippen molar-refractivity contribution < 1.29 is 27.4 Å². The molecule has 2 rings (SSSR count). The Balaban J connectivity index is 2.20. The summed E-state index contributed by atoms with van der Waals surface area (Å²) in [5, 5.41) is 11.9. The number of nitriles is 1. The maximum absolute atomic E-state index is 12.6. The molecule has 2 aromatic rings. The van der Waals surface area contributed by atoms with Crippen molar-refractivity contribution in [2.45, 2.75) is 39.7 Å². The van der Waals surface area contributed by atoms with Crippen LogP contribution in [-0.2, 0) is 16.1 Å². The summed E-state index contributed by atoms with van der Waals surface area (Å²) >= 11 is 0. The van der Waals surface area contributed by atoms with E-state index >= 15 is 0 Å². The Labute approximate surface area is 178 Å². The highest BCUT2D eigenvalue weighted by Crippen LogP contribution is 2.26. The molecule has 1 amide bonds. The zero-order valence-electron chi connectivity index (χ0n) is 17.7. The number of halogens is 3. The van der Waals surface area contributed by atoms with E-state index in [1.54, 1.807) is 7.11 Å². The molecule has 0 aliphatic rings. The van der Waals surface area contributed by atoms with Gasteiger partial charge in [0.2, 0.25) is 0 Å². The molecule has 0 aliphatic heterocycles. The lowest BCUT2D eigenvalue weighted by Gasteiger charge is -2.17. The number of hydrogen-bond donors (Lipinski definition) is 1. The van der Waals surface area contributed by atoms with Crippen molar-refractivity contribution in [1.29, 1.82) is 5.26 Å². The predicted octanol–water partition coefficient (Wildman–Crippen LogP) is 4.43. The number of nitrogens with zero attached hydrogens (tertiary/aromatic N) is 2. The molecule has 1 aromatic carbocycles. The quantitative estimate of drug-likeness (QED) is 0.492. The van der Waals surface area contributed by atoms with Gasteiger partial charge in [-0.3, -0.25) is 4.79 Å². The summed E-state index contributed by atoms with van der Waals surface area (Å²) in [7, 11) is 1.61. The van der Waals surface area contributed by atoms with E-state index in [2.05, 4.69) is 10.1 Å². The summed E-state index contributed by atoms with van der Waals surface area (Å²) in [6.07, 6.45) is -3.38. The van der Waals surface area contributed by atoms with Crippen LogP contribution in [0, 0.1) is 25.2 Å². The van der Waals surface area contributed by atoms with Crippen LogP contribution in [0.3, 0.4) is 0 Å². The van der Waals surface area contributed by atoms with Gasteiger partial charge in [0.15, 0.2) is 0 Å². The molecule has 9 heteroatoms. The Kier molecular flexibility index (Phi) is 7.89. The van der Waals surface area contributed by atoms with Gasteiger partial charge in [-0.1, -0.05) is 18.2 Å². The summed E-state index contributed by atoms with van der Waals surface area (Å²) in [6, 6.07) is 9.27. The monoisotopic (exact) mass is 435 g/mol. The average Bonchev–Trinajstić information content (AvgIpc) is 2.97. The number of para-hydroxylation sites is 1. The normalized spacial score (nSPS) is 12.9. The van der Waals surface area contributed by atoms with Crippen LogP contribution in [0.4, 0.5) is 13.2 Å². The fourth-order valence-electron chi connectivity index (χ4n) is 3.39. The molecule has 1 aromatic heterocycles. The number of ether oxygens (including phenoxy) is 2. The van der Waals surface area contributed by atoms with Crippen molar-refractivity contribution in [1.82, 2.24) is 9.88 Å². The third-order valence-electron chi connectivity index (χ3n) is 4.67. The van der Waals surface area contributed by atoms with Gasteiger partial charge >= 0.3 is 6.36 Å². The lowest BCUT2D eigenvalue weighted by atomic mass is 10.1. The summed E-state index contributed by atoms with van der Waals surface area (Å²) in [4.78, 5) is 12.5. The van der Waals surface area contributed by atoms with E-state index in [0.717, 1.165) is 17.5 Å². The molecule has 6 nitrogen and oxygen atoms in total. The molecule has 1 heterocycles. The van der Waals surface area contributed by atoms with E-state index in [4.69, 9.17) is 4.74 Å². The molecule has 0 saturated heterocycles. The van der Waals surface area contributed by atoms with Crippen LogP contribution in [0.5, 0.6) is 5.75 Å². The second kappa shape index (κ2) is 10.2. The number of aromatic nitrogens is 1. The molecule has 0 bridgehead atoms. The molecule has 1 atom stereocenters. The molecule has 1 N–H and O–H groups in total. The highest BCUT2D eigenvalue weighted by molar-refractivity contribution is 6.01. The minimum absolute atomic E-state index is 0.0663. The highest BCUT2D eigenvalue weighted by atomic mass is 19.4. The zero-order valence-corrected chi connectivity index (χ0v) is 17.7. The minimum Gasteiger partial charge on any atom is -0.405 e. The SMILES string of the molecule is COCC(C)n1c(C)cc(/C=C(\C#N)C(=O)NCc2ccccc2OC(F)(F)F)c1C. The first kappa shape index (κ1) is 24.0. The van der Waals surface area contributed by atoms with Crippen molar-refractivity contribution in [2.24, 2.45) is 0 Å². The maximum atomic E-state index is 12.6. The van der Waals surface area contributed by atoms with Gasteiger partial charge in [0.25, 0.3) is 5.91 Å². The molecule has 166 valence electrons. The Morgan fingerprint density at radius 3 is 2.61 bits per heavy atom. The molecule has 0 saturated carbocycles. The van der Waals surface area contributed by atoms with Crippen molar-refractivity contribution >= 4 is 12.0 Å². The fraction of sp³-hybridized carbons (Fsp3) is 0.364. The predicted molar refractivity (Wildman–Crippen MR) is 109 cm³/mol. The third kappa shape index (κ3) is 6.36. The van der Waals surface area contributed by atoms with E-state index in [0.29, 0.717) is 12.2 Å². The van der Waals surface area contributed by atoms with E-state index < -0.39 is 18.0 Å². The summed E-state index contributed by atoms with van der Waals surface area (Å²) in [5.74, 6) is -1.10. The number of benzene rings is 1. The van der Waals surface area contributed by atoms with Crippen LogP contribution in [0.25, 0.3) is 6.08 Å². The first-order chi connectivity index (χ1) is 14.6. The number of alkyl halides is 3. The second-order valence-corrected chi connectivity index (χ2v) is 7.01. The maximum Gasteiger partial charge on any atom is 0.573 e. The summed E-state index contributed by atoms with van der Waals surface area (Å²) in [6.45, 7) is 6.07. The van der Waals surface area contributed by atoms with Gasteiger partial charge < -0.3 is 19.4 Å². The molecule has 0 radical (unpaired) electrons. The van der Waals surface area contributed by atoms with Gasteiger partial charge in [0.1, 0.15) is 17.4 Å². The van der Waals surface area contributed by atoms with Gasteiger partial charge in [0, 0.05) is 30.6 Å². The minimum atomic E-state index is -4.85. The third-order valence-corrected chi connectivity index (χ3v) is 4.67. The van der Waals surface area contributed by atoms with Gasteiger partial charge in [-0.05, 0) is 44.5 Å². The van der Waals surface area contributed by atoms with Crippen molar-refractivity contribution in [2.75, 3.05) is 13.7 Å². The lowest BCUT2D eigenvalue weighted by molar-refractivity contribution is -0.274. The van der Waals surface area contributed by atoms with Crippen molar-refractivity contribution in [3.8, 4) is 11.8 Å². The Morgan fingerprint density at radius 2 is 2.00 bits per heavy atom. The van der Waals surface area contributed by atoms with E-state index in [1.165, 1.54) is 24.3 Å². The Hall–Kier alpha value is -3.25. The fourth-order valence-corrected chi connectivity index (χ4v) is 3.39. The van der Waals surface area contributed by atoms with Crippen LogP contribution in [0.15, 0.2) is 35.9 Å². The van der Waals surface area contributed by atoms with Gasteiger partial charge in [0.05, 0.1) is 12.6 Å². The standard InChI is InChI=1S/C22H24F3N3O3/c1-14-9-18(16(3)28(14)15(2)13-30-4)10-19(11-26)21(29)27-12-17-7-5-6-8-20(17)31-22(23,24)25/h5-10,15H,12-13H2,1-4H3,(H,27,29)/b19-10+. The number of rotatable bonds is 8. The van der Waals surface area contributed by atoms with Crippen LogP contribution in [-0.4, -0.2) is 30.6 Å². The lowest BCUT2D eigenvalue weighted by Crippen LogP contribution is -2.25. The van der Waals surface area contributed by atoms with Crippen LogP contribution in [0.1, 0.15) is 35.5 Å². The Bertz CT molecular complexity index is 1000. The van der Waals surface area contributed by atoms with Crippen LogP contribution >= 0.6 is 0 Å². The molecular formula is C22H24F3N3O3. The number of aryl methyl sites for hydroxylation is 1. The van der Waals surface area contributed by atoms with Crippen molar-refractivity contribution in [3.63, 3.8) is 0 Å². The topological polar surface area (TPSA) is 76.3 Å². The molecule has 0 spiro atoms. The van der Waals surface area contributed by atoms with Crippen molar-refractivity contribution in [3.05, 3.63) is 58.4 Å². The molecule has 0 aliphatic carbocycles. The first-order valence-corrected chi connectivity index (χ1v) is 9.48. The number of carbonyl (C=O) groups is 1. The molecular weight excluding hydrogens is 411 g/mol. The summed E-state index contributed by atoms with van der Waals surface area (Å²) in [5.41, 5.74) is 2.50. The molecule has 0 fully saturated rings. The molecule has 31 heavy (non-hydrogen) atoms. The van der Waals surface area contributed by atoms with E-state index in [-0.39, 0.29) is 23.7 Å². The van der Waals surface area contributed by atoms with Gasteiger partial charge in [-0.2, -0.15) is 5.26 Å². The zero-order chi connectivity index (χ0) is 23.2. The highest BCUT2D eigenvalue weighted by Gasteiger charge is 2.32. The van der Waals surface area contributed by atoms with E-state index in [1.807, 2.05) is 37.5 Å². The smallest absolute Gasteiger partial charge is 0.405 e. The van der Waals surface area contributed by atoms with Gasteiger partial charge in [-0.15, -0.1) is 13.2 Å². The van der Waals surface area contributed by atoms with Crippen LogP contribution < -0.4 is 10.1 Å². The Morgan fingerprint density at radius 1 is 1.32 bits per heavy atom. The van der Waals surface area contributed by atoms with Crippen LogP contribution in [0.2, 0.25) is 0 Å². The summed E-state index contributed by atoms with van der Waals surface area (Å²) < 4.78 is 48.9. The largest absolute Gasteiger partial charge is 0.573 e. The number of amides is 1. The number of nitrogens with one attached hydrogen (secondary N) is 1. The van der Waals surface area contributed by atoms with Gasteiger partial charge in [-0.25, -0.2) is 0 Å².